The molecule has 1 saturated heterocycles. The van der Waals surface area contributed by atoms with Gasteiger partial charge in [0, 0.05) is 30.6 Å². The van der Waals surface area contributed by atoms with Crippen molar-refractivity contribution in [3.05, 3.63) is 29.3 Å². The quantitative estimate of drug-likeness (QED) is 0.740. The molecule has 2 rings (SSSR count). The summed E-state index contributed by atoms with van der Waals surface area (Å²) in [6.07, 6.45) is 0.679. The van der Waals surface area contributed by atoms with Gasteiger partial charge in [-0.05, 0) is 44.0 Å². The smallest absolute Gasteiger partial charge is 0.139 e. The normalized spacial score (nSPS) is 25.2. The summed E-state index contributed by atoms with van der Waals surface area (Å²) in [4.78, 5) is 14.1. The highest BCUT2D eigenvalue weighted by atomic mass is 16.1. The van der Waals surface area contributed by atoms with Crippen molar-refractivity contribution in [1.82, 2.24) is 0 Å². The van der Waals surface area contributed by atoms with Crippen LogP contribution in [0.2, 0.25) is 0 Å². The SMILES string of the molecule is Cc1cc(C)cc(N2CCC(=O)C(C)C2C)c1. The molecule has 1 heterocycles. The van der Waals surface area contributed by atoms with E-state index in [4.69, 9.17) is 0 Å². The highest BCUT2D eigenvalue weighted by Crippen LogP contribution is 2.28. The maximum absolute atomic E-state index is 11.7. The van der Waals surface area contributed by atoms with Crippen molar-refractivity contribution in [2.45, 2.75) is 40.2 Å². The van der Waals surface area contributed by atoms with Crippen LogP contribution in [0.1, 0.15) is 31.4 Å². The van der Waals surface area contributed by atoms with Gasteiger partial charge in [-0.15, -0.1) is 0 Å². The lowest BCUT2D eigenvalue weighted by molar-refractivity contribution is -0.123. The number of nitrogens with zero attached hydrogens (tertiary/aromatic N) is 1. The van der Waals surface area contributed by atoms with E-state index < -0.39 is 0 Å². The van der Waals surface area contributed by atoms with Gasteiger partial charge in [0.15, 0.2) is 0 Å². The lowest BCUT2D eigenvalue weighted by Gasteiger charge is -2.39. The summed E-state index contributed by atoms with van der Waals surface area (Å²) < 4.78 is 0. The van der Waals surface area contributed by atoms with Crippen LogP contribution >= 0.6 is 0 Å². The van der Waals surface area contributed by atoms with E-state index in [1.54, 1.807) is 0 Å². The first-order chi connectivity index (χ1) is 7.99. The van der Waals surface area contributed by atoms with Crippen LogP contribution in [0, 0.1) is 19.8 Å². The number of anilines is 1. The second-order valence-electron chi connectivity index (χ2n) is 5.28. The Morgan fingerprint density at radius 1 is 1.12 bits per heavy atom. The Balaban J connectivity index is 2.30. The minimum atomic E-state index is 0.143. The third-order valence-corrected chi connectivity index (χ3v) is 3.86. The average Bonchev–Trinajstić information content (AvgIpc) is 2.24. The summed E-state index contributed by atoms with van der Waals surface area (Å²) in [5.74, 6) is 0.544. The lowest BCUT2D eigenvalue weighted by Crippen LogP contribution is -2.47. The molecule has 0 N–H and O–H groups in total. The summed E-state index contributed by atoms with van der Waals surface area (Å²) in [5.41, 5.74) is 3.84. The third kappa shape index (κ3) is 2.36. The van der Waals surface area contributed by atoms with E-state index >= 15 is 0 Å². The van der Waals surface area contributed by atoms with E-state index in [1.165, 1.54) is 16.8 Å². The maximum atomic E-state index is 11.7. The second kappa shape index (κ2) is 4.52. The van der Waals surface area contributed by atoms with Crippen molar-refractivity contribution in [1.29, 1.82) is 0 Å². The Labute approximate surface area is 104 Å². The summed E-state index contributed by atoms with van der Waals surface area (Å²) in [5, 5.41) is 0. The number of benzene rings is 1. The van der Waals surface area contributed by atoms with E-state index in [9.17, 15) is 4.79 Å². The largest absolute Gasteiger partial charge is 0.368 e. The van der Waals surface area contributed by atoms with Gasteiger partial charge in [-0.2, -0.15) is 0 Å². The van der Waals surface area contributed by atoms with Crippen LogP contribution in [0.4, 0.5) is 5.69 Å². The zero-order valence-electron chi connectivity index (χ0n) is 11.2. The van der Waals surface area contributed by atoms with Crippen molar-refractivity contribution < 1.29 is 4.79 Å². The van der Waals surface area contributed by atoms with E-state index in [2.05, 4.69) is 43.9 Å². The van der Waals surface area contributed by atoms with Crippen LogP contribution in [-0.4, -0.2) is 18.4 Å². The summed E-state index contributed by atoms with van der Waals surface area (Å²) in [7, 11) is 0. The molecule has 2 nitrogen and oxygen atoms in total. The molecule has 92 valence electrons. The number of aryl methyl sites for hydroxylation is 2. The highest BCUT2D eigenvalue weighted by Gasteiger charge is 2.30. The van der Waals surface area contributed by atoms with Crippen LogP contribution in [0.15, 0.2) is 18.2 Å². The van der Waals surface area contributed by atoms with E-state index in [0.29, 0.717) is 18.2 Å². The molecule has 2 heteroatoms. The molecule has 0 spiro atoms. The first kappa shape index (κ1) is 12.2. The first-order valence-electron chi connectivity index (χ1n) is 6.36. The summed E-state index contributed by atoms with van der Waals surface area (Å²) in [6, 6.07) is 6.92. The number of hydrogen-bond acceptors (Lipinski definition) is 2. The monoisotopic (exact) mass is 231 g/mol. The van der Waals surface area contributed by atoms with Gasteiger partial charge in [0.2, 0.25) is 0 Å². The molecule has 17 heavy (non-hydrogen) atoms. The van der Waals surface area contributed by atoms with Crippen LogP contribution < -0.4 is 4.90 Å². The molecule has 0 aromatic heterocycles. The Kier molecular flexibility index (Phi) is 3.23. The van der Waals surface area contributed by atoms with Crippen molar-refractivity contribution in [3.8, 4) is 0 Å². The van der Waals surface area contributed by atoms with Crippen molar-refractivity contribution in [2.24, 2.45) is 5.92 Å². The number of Topliss-reactive ketones (excluding diaryl/α,β-unsaturated/α-hetero) is 1. The minimum Gasteiger partial charge on any atom is -0.368 e. The third-order valence-electron chi connectivity index (χ3n) is 3.86. The van der Waals surface area contributed by atoms with Gasteiger partial charge in [-0.1, -0.05) is 13.0 Å². The number of piperidine rings is 1. The van der Waals surface area contributed by atoms with Crippen LogP contribution in [0.3, 0.4) is 0 Å². The number of rotatable bonds is 1. The molecule has 0 aliphatic carbocycles. The Morgan fingerprint density at radius 2 is 1.71 bits per heavy atom. The molecule has 2 unspecified atom stereocenters. The van der Waals surface area contributed by atoms with Crippen molar-refractivity contribution >= 4 is 11.5 Å². The molecule has 0 bridgehead atoms. The summed E-state index contributed by atoms with van der Waals surface area (Å²) in [6.45, 7) is 9.30. The van der Waals surface area contributed by atoms with Gasteiger partial charge in [0.05, 0.1) is 0 Å². The maximum Gasteiger partial charge on any atom is 0.139 e. The van der Waals surface area contributed by atoms with Crippen molar-refractivity contribution in [2.75, 3.05) is 11.4 Å². The number of ketones is 1. The Bertz CT molecular complexity index is 418. The molecule has 1 aromatic carbocycles. The Morgan fingerprint density at radius 3 is 2.29 bits per heavy atom. The predicted octanol–water partition coefficient (Wildman–Crippen LogP) is 3.11. The highest BCUT2D eigenvalue weighted by molar-refractivity contribution is 5.84. The first-order valence-corrected chi connectivity index (χ1v) is 6.36. The van der Waals surface area contributed by atoms with Gasteiger partial charge >= 0.3 is 0 Å². The molecule has 1 aliphatic heterocycles. The average molecular weight is 231 g/mol. The zero-order valence-corrected chi connectivity index (χ0v) is 11.2. The van der Waals surface area contributed by atoms with Crippen LogP contribution in [0.25, 0.3) is 0 Å². The zero-order chi connectivity index (χ0) is 12.6. The van der Waals surface area contributed by atoms with Gasteiger partial charge in [0.1, 0.15) is 5.78 Å². The number of carbonyl (C=O) groups excluding carboxylic acids is 1. The van der Waals surface area contributed by atoms with Gasteiger partial charge in [-0.3, -0.25) is 4.79 Å². The van der Waals surface area contributed by atoms with Crippen LogP contribution in [-0.2, 0) is 4.79 Å². The topological polar surface area (TPSA) is 20.3 Å². The van der Waals surface area contributed by atoms with Crippen LogP contribution in [0.5, 0.6) is 0 Å². The van der Waals surface area contributed by atoms with Gasteiger partial charge in [-0.25, -0.2) is 0 Å². The minimum absolute atomic E-state index is 0.143. The standard InChI is InChI=1S/C15H21NO/c1-10-7-11(2)9-14(8-10)16-6-5-15(17)12(3)13(16)4/h7-9,12-13H,5-6H2,1-4H3. The molecule has 1 fully saturated rings. The molecule has 0 saturated carbocycles. The Hall–Kier alpha value is -1.31. The fourth-order valence-electron chi connectivity index (χ4n) is 2.68. The molecule has 1 aromatic rings. The lowest BCUT2D eigenvalue weighted by atomic mass is 9.90. The fraction of sp³-hybridized carbons (Fsp3) is 0.533. The van der Waals surface area contributed by atoms with E-state index in [0.717, 1.165) is 6.54 Å². The predicted molar refractivity (Wildman–Crippen MR) is 71.5 cm³/mol. The fourth-order valence-corrected chi connectivity index (χ4v) is 2.68. The number of hydrogen-bond donors (Lipinski definition) is 0. The molecular weight excluding hydrogens is 210 g/mol. The van der Waals surface area contributed by atoms with E-state index in [1.807, 2.05) is 6.92 Å². The van der Waals surface area contributed by atoms with Crippen molar-refractivity contribution in [3.63, 3.8) is 0 Å². The molecule has 0 radical (unpaired) electrons. The molecule has 1 aliphatic rings. The van der Waals surface area contributed by atoms with E-state index in [-0.39, 0.29) is 5.92 Å². The molecule has 2 atom stereocenters. The molecular formula is C15H21NO. The molecule has 0 amide bonds. The second-order valence-corrected chi connectivity index (χ2v) is 5.28. The number of carbonyl (C=O) groups is 1. The summed E-state index contributed by atoms with van der Waals surface area (Å²) >= 11 is 0. The van der Waals surface area contributed by atoms with Gasteiger partial charge < -0.3 is 4.90 Å². The van der Waals surface area contributed by atoms with Gasteiger partial charge in [0.25, 0.3) is 0 Å².